The standard InChI is InChI=1S/C9H14O4/c1-3-13-9(12)8(11)7(2)5-4-6-10/h6-7H,3-5H2,1-2H3. The summed E-state index contributed by atoms with van der Waals surface area (Å²) in [6.07, 6.45) is 1.43. The molecule has 0 aliphatic carbocycles. The zero-order valence-electron chi connectivity index (χ0n) is 7.91. The summed E-state index contributed by atoms with van der Waals surface area (Å²) in [5.74, 6) is -1.78. The Hall–Kier alpha value is -1.19. The Labute approximate surface area is 77.3 Å². The fraction of sp³-hybridized carbons (Fsp3) is 0.667. The van der Waals surface area contributed by atoms with Crippen LogP contribution in [0.5, 0.6) is 0 Å². The molecule has 0 N–H and O–H groups in total. The first-order chi connectivity index (χ1) is 6.13. The highest BCUT2D eigenvalue weighted by molar-refractivity contribution is 6.34. The molecule has 0 spiro atoms. The Balaban J connectivity index is 3.93. The van der Waals surface area contributed by atoms with Crippen LogP contribution < -0.4 is 0 Å². The lowest BCUT2D eigenvalue weighted by molar-refractivity contribution is -0.155. The molecule has 0 saturated carbocycles. The lowest BCUT2D eigenvalue weighted by Crippen LogP contribution is -2.24. The molecule has 0 fully saturated rings. The molecular formula is C9H14O4. The molecular weight excluding hydrogens is 172 g/mol. The van der Waals surface area contributed by atoms with E-state index in [1.165, 1.54) is 0 Å². The molecule has 1 atom stereocenters. The smallest absolute Gasteiger partial charge is 0.374 e. The van der Waals surface area contributed by atoms with Gasteiger partial charge in [-0.2, -0.15) is 0 Å². The number of carbonyl (C=O) groups excluding carboxylic acids is 3. The van der Waals surface area contributed by atoms with Crippen LogP contribution in [0.2, 0.25) is 0 Å². The van der Waals surface area contributed by atoms with Gasteiger partial charge in [0.2, 0.25) is 5.78 Å². The minimum Gasteiger partial charge on any atom is -0.460 e. The summed E-state index contributed by atoms with van der Waals surface area (Å²) in [4.78, 5) is 32.0. The van der Waals surface area contributed by atoms with Crippen molar-refractivity contribution in [2.75, 3.05) is 6.61 Å². The predicted octanol–water partition coefficient (Wildman–Crippen LogP) is 0.734. The maximum atomic E-state index is 11.1. The monoisotopic (exact) mass is 186 g/mol. The molecule has 74 valence electrons. The molecule has 0 aromatic rings. The van der Waals surface area contributed by atoms with Crippen molar-refractivity contribution < 1.29 is 19.1 Å². The molecule has 13 heavy (non-hydrogen) atoms. The molecule has 0 radical (unpaired) electrons. The average Bonchev–Trinajstić information content (AvgIpc) is 2.13. The minimum absolute atomic E-state index is 0.199. The lowest BCUT2D eigenvalue weighted by atomic mass is 10.0. The number of carbonyl (C=O) groups is 3. The summed E-state index contributed by atoms with van der Waals surface area (Å²) in [5.41, 5.74) is 0. The average molecular weight is 186 g/mol. The number of ketones is 1. The van der Waals surface area contributed by atoms with E-state index in [1.54, 1.807) is 13.8 Å². The van der Waals surface area contributed by atoms with Crippen LogP contribution >= 0.6 is 0 Å². The number of hydrogen-bond donors (Lipinski definition) is 0. The maximum Gasteiger partial charge on any atom is 0.374 e. The van der Waals surface area contributed by atoms with Crippen molar-refractivity contribution in [3.8, 4) is 0 Å². The molecule has 0 bridgehead atoms. The molecule has 4 heteroatoms. The van der Waals surface area contributed by atoms with Gasteiger partial charge in [-0.1, -0.05) is 6.92 Å². The molecule has 0 rings (SSSR count). The van der Waals surface area contributed by atoms with Gasteiger partial charge in [0.15, 0.2) is 0 Å². The van der Waals surface area contributed by atoms with E-state index in [-0.39, 0.29) is 6.61 Å². The molecule has 0 heterocycles. The van der Waals surface area contributed by atoms with E-state index >= 15 is 0 Å². The van der Waals surface area contributed by atoms with Gasteiger partial charge in [0, 0.05) is 12.3 Å². The van der Waals surface area contributed by atoms with Crippen LogP contribution in [0.3, 0.4) is 0 Å². The Morgan fingerprint density at radius 1 is 1.46 bits per heavy atom. The maximum absolute atomic E-state index is 11.1. The Kier molecular flexibility index (Phi) is 5.76. The highest BCUT2D eigenvalue weighted by Gasteiger charge is 2.21. The number of esters is 1. The number of ether oxygens (including phenoxy) is 1. The second kappa shape index (κ2) is 6.34. The van der Waals surface area contributed by atoms with Gasteiger partial charge in [0.25, 0.3) is 0 Å². The van der Waals surface area contributed by atoms with Gasteiger partial charge in [-0.3, -0.25) is 4.79 Å². The van der Waals surface area contributed by atoms with Crippen molar-refractivity contribution in [2.45, 2.75) is 26.7 Å². The van der Waals surface area contributed by atoms with Crippen molar-refractivity contribution in [1.29, 1.82) is 0 Å². The lowest BCUT2D eigenvalue weighted by Gasteiger charge is -2.06. The van der Waals surface area contributed by atoms with Gasteiger partial charge in [0.05, 0.1) is 6.61 Å². The largest absolute Gasteiger partial charge is 0.460 e. The zero-order valence-corrected chi connectivity index (χ0v) is 7.91. The van der Waals surface area contributed by atoms with Gasteiger partial charge in [-0.05, 0) is 13.3 Å². The van der Waals surface area contributed by atoms with Crippen LogP contribution in [0.1, 0.15) is 26.7 Å². The first kappa shape index (κ1) is 11.8. The quantitative estimate of drug-likeness (QED) is 0.348. The second-order valence-electron chi connectivity index (χ2n) is 2.73. The van der Waals surface area contributed by atoms with Gasteiger partial charge >= 0.3 is 5.97 Å². The molecule has 0 saturated heterocycles. The Bertz CT molecular complexity index is 198. The predicted molar refractivity (Wildman–Crippen MR) is 46.1 cm³/mol. The zero-order chi connectivity index (χ0) is 10.3. The van der Waals surface area contributed by atoms with Crippen LogP contribution in [-0.4, -0.2) is 24.6 Å². The number of hydrogen-bond acceptors (Lipinski definition) is 4. The van der Waals surface area contributed by atoms with Crippen LogP contribution in [0.25, 0.3) is 0 Å². The first-order valence-electron chi connectivity index (χ1n) is 4.28. The molecule has 0 amide bonds. The second-order valence-corrected chi connectivity index (χ2v) is 2.73. The van der Waals surface area contributed by atoms with Gasteiger partial charge in [-0.15, -0.1) is 0 Å². The summed E-state index contributed by atoms with van der Waals surface area (Å²) >= 11 is 0. The highest BCUT2D eigenvalue weighted by atomic mass is 16.5. The summed E-state index contributed by atoms with van der Waals surface area (Å²) < 4.78 is 4.53. The molecule has 0 aromatic heterocycles. The number of Topliss-reactive ketones (excluding diaryl/α,β-unsaturated/α-hetero) is 1. The molecule has 0 aliphatic rings. The van der Waals surface area contributed by atoms with E-state index in [2.05, 4.69) is 4.74 Å². The summed E-state index contributed by atoms with van der Waals surface area (Å²) in [5, 5.41) is 0. The summed E-state index contributed by atoms with van der Waals surface area (Å²) in [6, 6.07) is 0. The van der Waals surface area contributed by atoms with E-state index in [0.29, 0.717) is 12.8 Å². The third-order valence-electron chi connectivity index (χ3n) is 1.64. The molecule has 0 aromatic carbocycles. The van der Waals surface area contributed by atoms with Crippen molar-refractivity contribution in [3.05, 3.63) is 0 Å². The minimum atomic E-state index is -0.805. The van der Waals surface area contributed by atoms with E-state index in [9.17, 15) is 14.4 Å². The fourth-order valence-electron chi connectivity index (χ4n) is 0.853. The van der Waals surface area contributed by atoms with Crippen LogP contribution in [0, 0.1) is 5.92 Å². The SMILES string of the molecule is CCOC(=O)C(=O)C(C)CCC=O. The first-order valence-corrected chi connectivity index (χ1v) is 4.28. The summed E-state index contributed by atoms with van der Waals surface area (Å²) in [6.45, 7) is 3.45. The Morgan fingerprint density at radius 2 is 2.08 bits per heavy atom. The third kappa shape index (κ3) is 4.40. The molecule has 0 aliphatic heterocycles. The van der Waals surface area contributed by atoms with Gasteiger partial charge < -0.3 is 9.53 Å². The summed E-state index contributed by atoms with van der Waals surface area (Å²) in [7, 11) is 0. The topological polar surface area (TPSA) is 60.4 Å². The van der Waals surface area contributed by atoms with E-state index in [1.807, 2.05) is 0 Å². The van der Waals surface area contributed by atoms with Crippen LogP contribution in [0.4, 0.5) is 0 Å². The van der Waals surface area contributed by atoms with Crippen molar-refractivity contribution in [3.63, 3.8) is 0 Å². The van der Waals surface area contributed by atoms with Crippen LogP contribution in [0.15, 0.2) is 0 Å². The van der Waals surface area contributed by atoms with Crippen molar-refractivity contribution in [2.24, 2.45) is 5.92 Å². The fourth-order valence-corrected chi connectivity index (χ4v) is 0.853. The van der Waals surface area contributed by atoms with E-state index < -0.39 is 17.7 Å². The van der Waals surface area contributed by atoms with Gasteiger partial charge in [0.1, 0.15) is 6.29 Å². The van der Waals surface area contributed by atoms with Crippen LogP contribution in [-0.2, 0) is 19.1 Å². The van der Waals surface area contributed by atoms with Crippen molar-refractivity contribution >= 4 is 18.0 Å². The Morgan fingerprint density at radius 3 is 2.54 bits per heavy atom. The van der Waals surface area contributed by atoms with E-state index in [4.69, 9.17) is 0 Å². The number of aldehydes is 1. The molecule has 4 nitrogen and oxygen atoms in total. The van der Waals surface area contributed by atoms with Gasteiger partial charge in [-0.25, -0.2) is 4.79 Å². The normalized spacial score (nSPS) is 11.8. The number of rotatable bonds is 6. The highest BCUT2D eigenvalue weighted by Crippen LogP contribution is 2.06. The van der Waals surface area contributed by atoms with E-state index in [0.717, 1.165) is 6.29 Å². The molecule has 1 unspecified atom stereocenters. The third-order valence-corrected chi connectivity index (χ3v) is 1.64. The van der Waals surface area contributed by atoms with Crippen molar-refractivity contribution in [1.82, 2.24) is 0 Å².